The summed E-state index contributed by atoms with van der Waals surface area (Å²) in [5.74, 6) is 0.871. The van der Waals surface area contributed by atoms with Crippen LogP contribution in [0.15, 0.2) is 0 Å². The van der Waals surface area contributed by atoms with Crippen LogP contribution in [0.1, 0.15) is 53.4 Å². The molecule has 2 fully saturated rings. The smallest absolute Gasteiger partial charge is 0.410 e. The Morgan fingerprint density at radius 1 is 1.24 bits per heavy atom. The summed E-state index contributed by atoms with van der Waals surface area (Å²) >= 11 is 0. The number of likely N-dealkylation sites (tertiary alicyclic amines) is 1. The molecule has 1 saturated heterocycles. The Labute approximate surface area is 105 Å². The van der Waals surface area contributed by atoms with Crippen molar-refractivity contribution < 1.29 is 9.53 Å². The molecule has 3 nitrogen and oxygen atoms in total. The number of hydrogen-bond donors (Lipinski definition) is 0. The quantitative estimate of drug-likeness (QED) is 0.648. The van der Waals surface area contributed by atoms with Crippen LogP contribution in [0.3, 0.4) is 0 Å². The number of hydrogen-bond acceptors (Lipinski definition) is 2. The van der Waals surface area contributed by atoms with E-state index in [2.05, 4.69) is 6.92 Å². The van der Waals surface area contributed by atoms with Gasteiger partial charge in [0.2, 0.25) is 0 Å². The van der Waals surface area contributed by atoms with Crippen LogP contribution in [0.25, 0.3) is 0 Å². The van der Waals surface area contributed by atoms with E-state index in [0.29, 0.717) is 5.41 Å². The SMILES string of the molecule is CC1CCC2(CC1)CN(C(=O)OC(C)(C)C)C2. The molecular formula is C14H25NO2. The van der Waals surface area contributed by atoms with Crippen molar-refractivity contribution in [1.29, 1.82) is 0 Å². The normalized spacial score (nSPS) is 24.6. The molecule has 1 saturated carbocycles. The fraction of sp³-hybridized carbons (Fsp3) is 0.929. The van der Waals surface area contributed by atoms with Gasteiger partial charge in [-0.3, -0.25) is 0 Å². The summed E-state index contributed by atoms with van der Waals surface area (Å²) in [6, 6.07) is 0. The van der Waals surface area contributed by atoms with E-state index < -0.39 is 0 Å². The van der Waals surface area contributed by atoms with Crippen LogP contribution in [0.5, 0.6) is 0 Å². The van der Waals surface area contributed by atoms with E-state index in [-0.39, 0.29) is 11.7 Å². The predicted octanol–water partition coefficient (Wildman–Crippen LogP) is 3.43. The molecule has 3 heteroatoms. The van der Waals surface area contributed by atoms with Crippen molar-refractivity contribution >= 4 is 6.09 Å². The van der Waals surface area contributed by atoms with Gasteiger partial charge >= 0.3 is 6.09 Å². The number of amides is 1. The van der Waals surface area contributed by atoms with Gasteiger partial charge in [-0.15, -0.1) is 0 Å². The molecule has 1 spiro atoms. The minimum atomic E-state index is -0.374. The maximum atomic E-state index is 11.8. The third-order valence-corrected chi connectivity index (χ3v) is 4.04. The van der Waals surface area contributed by atoms with Crippen molar-refractivity contribution in [3.8, 4) is 0 Å². The summed E-state index contributed by atoms with van der Waals surface area (Å²) in [6.07, 6.45) is 5.08. The van der Waals surface area contributed by atoms with Crippen molar-refractivity contribution in [3.63, 3.8) is 0 Å². The van der Waals surface area contributed by atoms with Crippen molar-refractivity contribution in [3.05, 3.63) is 0 Å². The molecule has 0 aromatic rings. The minimum absolute atomic E-state index is 0.137. The van der Waals surface area contributed by atoms with E-state index in [1.807, 2.05) is 25.7 Å². The van der Waals surface area contributed by atoms with Gasteiger partial charge < -0.3 is 9.64 Å². The zero-order valence-corrected chi connectivity index (χ0v) is 11.6. The second-order valence-corrected chi connectivity index (χ2v) is 7.02. The van der Waals surface area contributed by atoms with Gasteiger partial charge in [0.1, 0.15) is 5.60 Å². The number of carbonyl (C=O) groups excluding carboxylic acids is 1. The lowest BCUT2D eigenvalue weighted by molar-refractivity contribution is -0.0533. The predicted molar refractivity (Wildman–Crippen MR) is 67.9 cm³/mol. The highest BCUT2D eigenvalue weighted by atomic mass is 16.6. The first kappa shape index (κ1) is 12.7. The number of nitrogens with zero attached hydrogens (tertiary/aromatic N) is 1. The third-order valence-electron chi connectivity index (χ3n) is 4.04. The van der Waals surface area contributed by atoms with Crippen molar-refractivity contribution in [2.24, 2.45) is 11.3 Å². The van der Waals surface area contributed by atoms with Crippen LogP contribution in [-0.4, -0.2) is 29.7 Å². The first-order valence-corrected chi connectivity index (χ1v) is 6.78. The maximum absolute atomic E-state index is 11.8. The fourth-order valence-corrected chi connectivity index (χ4v) is 2.91. The zero-order chi connectivity index (χ0) is 12.7. The van der Waals surface area contributed by atoms with Crippen molar-refractivity contribution in [2.75, 3.05) is 13.1 Å². The standard InChI is InChI=1S/C14H25NO2/c1-11-5-7-14(8-6-11)9-15(10-14)12(16)17-13(2,3)4/h11H,5-10H2,1-4H3. The molecule has 0 N–H and O–H groups in total. The molecule has 0 radical (unpaired) electrons. The van der Waals surface area contributed by atoms with E-state index in [1.54, 1.807) is 0 Å². The van der Waals surface area contributed by atoms with E-state index in [1.165, 1.54) is 25.7 Å². The Morgan fingerprint density at radius 3 is 2.24 bits per heavy atom. The minimum Gasteiger partial charge on any atom is -0.444 e. The Kier molecular flexibility index (Phi) is 3.13. The maximum Gasteiger partial charge on any atom is 0.410 e. The van der Waals surface area contributed by atoms with Crippen molar-refractivity contribution in [1.82, 2.24) is 4.90 Å². The van der Waals surface area contributed by atoms with Crippen LogP contribution in [0.2, 0.25) is 0 Å². The summed E-state index contributed by atoms with van der Waals surface area (Å²) in [7, 11) is 0. The Hall–Kier alpha value is -0.730. The van der Waals surface area contributed by atoms with Gasteiger partial charge in [0, 0.05) is 18.5 Å². The van der Waals surface area contributed by atoms with Crippen LogP contribution >= 0.6 is 0 Å². The molecule has 1 aliphatic carbocycles. The highest BCUT2D eigenvalue weighted by Crippen LogP contribution is 2.45. The highest BCUT2D eigenvalue weighted by molar-refractivity contribution is 5.69. The summed E-state index contributed by atoms with van der Waals surface area (Å²) in [5, 5.41) is 0. The molecule has 0 atom stereocenters. The zero-order valence-electron chi connectivity index (χ0n) is 11.6. The van der Waals surface area contributed by atoms with E-state index >= 15 is 0 Å². The first-order valence-electron chi connectivity index (χ1n) is 6.78. The monoisotopic (exact) mass is 239 g/mol. The summed E-state index contributed by atoms with van der Waals surface area (Å²) in [6.45, 7) is 9.91. The van der Waals surface area contributed by atoms with Gasteiger partial charge in [0.15, 0.2) is 0 Å². The van der Waals surface area contributed by atoms with Crippen LogP contribution < -0.4 is 0 Å². The Bertz CT molecular complexity index is 290. The number of ether oxygens (including phenoxy) is 1. The van der Waals surface area contributed by atoms with Crippen LogP contribution in [-0.2, 0) is 4.74 Å². The molecule has 0 aromatic carbocycles. The molecule has 17 heavy (non-hydrogen) atoms. The molecule has 1 heterocycles. The molecule has 1 amide bonds. The largest absolute Gasteiger partial charge is 0.444 e. The van der Waals surface area contributed by atoms with E-state index in [9.17, 15) is 4.79 Å². The average Bonchev–Trinajstić information content (AvgIpc) is 2.13. The number of carbonyl (C=O) groups is 1. The molecule has 0 unspecified atom stereocenters. The Balaban J connectivity index is 1.80. The number of rotatable bonds is 0. The lowest BCUT2D eigenvalue weighted by Crippen LogP contribution is -2.60. The second-order valence-electron chi connectivity index (χ2n) is 7.02. The van der Waals surface area contributed by atoms with Gasteiger partial charge in [0.25, 0.3) is 0 Å². The Morgan fingerprint density at radius 2 is 1.76 bits per heavy atom. The molecule has 2 aliphatic rings. The van der Waals surface area contributed by atoms with Gasteiger partial charge in [-0.25, -0.2) is 4.79 Å². The van der Waals surface area contributed by atoms with Crippen molar-refractivity contribution in [2.45, 2.75) is 59.0 Å². The molecule has 0 aromatic heterocycles. The first-order chi connectivity index (χ1) is 7.80. The summed E-state index contributed by atoms with van der Waals surface area (Å²) in [5.41, 5.74) is 0.0599. The van der Waals surface area contributed by atoms with Gasteiger partial charge in [-0.2, -0.15) is 0 Å². The molecule has 1 aliphatic heterocycles. The van der Waals surface area contributed by atoms with Crippen LogP contribution in [0, 0.1) is 11.3 Å². The second kappa shape index (κ2) is 4.18. The van der Waals surface area contributed by atoms with Gasteiger partial charge in [-0.1, -0.05) is 19.8 Å². The van der Waals surface area contributed by atoms with Gasteiger partial charge in [0.05, 0.1) is 0 Å². The van der Waals surface area contributed by atoms with Gasteiger partial charge in [-0.05, 0) is 39.5 Å². The fourth-order valence-electron chi connectivity index (χ4n) is 2.91. The summed E-state index contributed by atoms with van der Waals surface area (Å²) in [4.78, 5) is 13.7. The highest BCUT2D eigenvalue weighted by Gasteiger charge is 2.47. The van der Waals surface area contributed by atoms with Crippen LogP contribution in [0.4, 0.5) is 4.79 Å². The molecular weight excluding hydrogens is 214 g/mol. The third kappa shape index (κ3) is 2.93. The lowest BCUT2D eigenvalue weighted by atomic mass is 9.66. The lowest BCUT2D eigenvalue weighted by Gasteiger charge is -2.53. The molecule has 98 valence electrons. The summed E-state index contributed by atoms with van der Waals surface area (Å²) < 4.78 is 5.38. The molecule has 2 rings (SSSR count). The van der Waals surface area contributed by atoms with E-state index in [4.69, 9.17) is 4.74 Å². The van der Waals surface area contributed by atoms with E-state index in [0.717, 1.165) is 19.0 Å². The topological polar surface area (TPSA) is 29.5 Å². The molecule has 0 bridgehead atoms. The average molecular weight is 239 g/mol.